The number of nitrogens with one attached hydrogen (secondary N) is 2. The van der Waals surface area contributed by atoms with Gasteiger partial charge in [0.1, 0.15) is 5.82 Å². The van der Waals surface area contributed by atoms with E-state index >= 15 is 0 Å². The number of benzene rings is 1. The van der Waals surface area contributed by atoms with Gasteiger partial charge in [0.05, 0.1) is 0 Å². The predicted octanol–water partition coefficient (Wildman–Crippen LogP) is 2.01. The molecule has 4 heteroatoms. The van der Waals surface area contributed by atoms with Crippen LogP contribution in [0.1, 0.15) is 35.2 Å². The monoisotopic (exact) mass is 250 g/mol. The summed E-state index contributed by atoms with van der Waals surface area (Å²) in [4.78, 5) is 11.9. The van der Waals surface area contributed by atoms with Gasteiger partial charge in [0.2, 0.25) is 0 Å². The van der Waals surface area contributed by atoms with Crippen LogP contribution in [-0.2, 0) is 0 Å². The lowest BCUT2D eigenvalue weighted by Crippen LogP contribution is -2.43. The first kappa shape index (κ1) is 13.0. The predicted molar refractivity (Wildman–Crippen MR) is 69.1 cm³/mol. The van der Waals surface area contributed by atoms with Gasteiger partial charge in [-0.15, -0.1) is 0 Å². The van der Waals surface area contributed by atoms with E-state index < -0.39 is 0 Å². The lowest BCUT2D eigenvalue weighted by atomic mass is 10.0. The summed E-state index contributed by atoms with van der Waals surface area (Å²) in [7, 11) is 0. The minimum atomic E-state index is -0.277. The fraction of sp³-hybridized carbons (Fsp3) is 0.500. The molecule has 1 aliphatic heterocycles. The first-order valence-corrected chi connectivity index (χ1v) is 6.44. The first-order valence-electron chi connectivity index (χ1n) is 6.44. The SMILES string of the molecule is Cc1cc(C(=O)NCC2CCCCN2)ccc1F. The van der Waals surface area contributed by atoms with Gasteiger partial charge in [-0.1, -0.05) is 6.42 Å². The molecule has 1 fully saturated rings. The molecule has 98 valence electrons. The number of carbonyl (C=O) groups excluding carboxylic acids is 1. The van der Waals surface area contributed by atoms with Crippen LogP contribution in [0.5, 0.6) is 0 Å². The molecule has 0 bridgehead atoms. The van der Waals surface area contributed by atoms with Crippen LogP contribution in [0.15, 0.2) is 18.2 Å². The number of hydrogen-bond donors (Lipinski definition) is 2. The Kier molecular flexibility index (Phi) is 4.31. The van der Waals surface area contributed by atoms with Crippen LogP contribution in [0.3, 0.4) is 0 Å². The Morgan fingerprint density at radius 3 is 3.00 bits per heavy atom. The second-order valence-electron chi connectivity index (χ2n) is 4.82. The highest BCUT2D eigenvalue weighted by molar-refractivity contribution is 5.94. The maximum absolute atomic E-state index is 13.1. The topological polar surface area (TPSA) is 41.1 Å². The number of carbonyl (C=O) groups is 1. The molecule has 1 aliphatic rings. The lowest BCUT2D eigenvalue weighted by molar-refractivity contribution is 0.0947. The van der Waals surface area contributed by atoms with Gasteiger partial charge in [0.15, 0.2) is 0 Å². The van der Waals surface area contributed by atoms with E-state index in [1.54, 1.807) is 13.0 Å². The van der Waals surface area contributed by atoms with Crippen molar-refractivity contribution in [3.8, 4) is 0 Å². The minimum absolute atomic E-state index is 0.134. The van der Waals surface area contributed by atoms with Crippen LogP contribution in [0.2, 0.25) is 0 Å². The van der Waals surface area contributed by atoms with Crippen molar-refractivity contribution >= 4 is 5.91 Å². The zero-order chi connectivity index (χ0) is 13.0. The zero-order valence-electron chi connectivity index (χ0n) is 10.6. The van der Waals surface area contributed by atoms with E-state index in [9.17, 15) is 9.18 Å². The second-order valence-corrected chi connectivity index (χ2v) is 4.82. The summed E-state index contributed by atoms with van der Waals surface area (Å²) in [5, 5.41) is 6.26. The Morgan fingerprint density at radius 2 is 2.33 bits per heavy atom. The van der Waals surface area contributed by atoms with E-state index in [4.69, 9.17) is 0 Å². The van der Waals surface area contributed by atoms with Gasteiger partial charge < -0.3 is 10.6 Å². The molecule has 1 aromatic carbocycles. The molecule has 3 nitrogen and oxygen atoms in total. The van der Waals surface area contributed by atoms with Crippen molar-refractivity contribution in [2.75, 3.05) is 13.1 Å². The normalized spacial score (nSPS) is 19.6. The quantitative estimate of drug-likeness (QED) is 0.861. The molecular weight excluding hydrogens is 231 g/mol. The third-order valence-electron chi connectivity index (χ3n) is 3.34. The van der Waals surface area contributed by atoms with Crippen molar-refractivity contribution in [2.24, 2.45) is 0 Å². The van der Waals surface area contributed by atoms with Crippen molar-refractivity contribution in [3.63, 3.8) is 0 Å². The molecule has 0 saturated carbocycles. The molecule has 18 heavy (non-hydrogen) atoms. The molecule has 1 atom stereocenters. The summed E-state index contributed by atoms with van der Waals surface area (Å²) >= 11 is 0. The third kappa shape index (κ3) is 3.29. The van der Waals surface area contributed by atoms with Gasteiger partial charge in [-0.2, -0.15) is 0 Å². The Balaban J connectivity index is 1.88. The fourth-order valence-electron chi connectivity index (χ4n) is 2.20. The van der Waals surface area contributed by atoms with E-state index in [1.807, 2.05) is 0 Å². The molecule has 1 saturated heterocycles. The molecule has 1 unspecified atom stereocenters. The third-order valence-corrected chi connectivity index (χ3v) is 3.34. The highest BCUT2D eigenvalue weighted by Crippen LogP contribution is 2.10. The zero-order valence-corrected chi connectivity index (χ0v) is 10.6. The van der Waals surface area contributed by atoms with Crippen LogP contribution in [0, 0.1) is 12.7 Å². The van der Waals surface area contributed by atoms with Gasteiger partial charge in [0.25, 0.3) is 5.91 Å². The average Bonchev–Trinajstić information content (AvgIpc) is 2.40. The summed E-state index contributed by atoms with van der Waals surface area (Å²) in [6.45, 7) is 3.32. The summed E-state index contributed by atoms with van der Waals surface area (Å²) < 4.78 is 13.1. The van der Waals surface area contributed by atoms with Gasteiger partial charge in [-0.25, -0.2) is 4.39 Å². The molecule has 0 radical (unpaired) electrons. The minimum Gasteiger partial charge on any atom is -0.350 e. The largest absolute Gasteiger partial charge is 0.350 e. The summed E-state index contributed by atoms with van der Waals surface area (Å²) in [5.41, 5.74) is 1.02. The van der Waals surface area contributed by atoms with Crippen LogP contribution >= 0.6 is 0 Å². The number of aryl methyl sites for hydroxylation is 1. The summed E-state index contributed by atoms with van der Waals surface area (Å²) in [6.07, 6.45) is 3.52. The van der Waals surface area contributed by atoms with Gasteiger partial charge in [0, 0.05) is 18.2 Å². The summed E-state index contributed by atoms with van der Waals surface area (Å²) in [6, 6.07) is 4.80. The molecular formula is C14H19FN2O. The van der Waals surface area contributed by atoms with Crippen LogP contribution < -0.4 is 10.6 Å². The smallest absolute Gasteiger partial charge is 0.251 e. The molecule has 2 rings (SSSR count). The highest BCUT2D eigenvalue weighted by Gasteiger charge is 2.14. The lowest BCUT2D eigenvalue weighted by Gasteiger charge is -2.23. The molecule has 1 aromatic rings. The Morgan fingerprint density at radius 1 is 1.50 bits per heavy atom. The molecule has 1 amide bonds. The van der Waals surface area contributed by atoms with Crippen molar-refractivity contribution in [1.29, 1.82) is 0 Å². The standard InChI is InChI=1S/C14H19FN2O/c1-10-8-11(5-6-13(10)15)14(18)17-9-12-4-2-3-7-16-12/h5-6,8,12,16H,2-4,7,9H2,1H3,(H,17,18). The highest BCUT2D eigenvalue weighted by atomic mass is 19.1. The molecule has 1 heterocycles. The van der Waals surface area contributed by atoms with E-state index in [0.717, 1.165) is 13.0 Å². The molecule has 0 aliphatic carbocycles. The maximum atomic E-state index is 13.1. The van der Waals surface area contributed by atoms with Crippen molar-refractivity contribution in [3.05, 3.63) is 35.1 Å². The van der Waals surface area contributed by atoms with Crippen molar-refractivity contribution < 1.29 is 9.18 Å². The van der Waals surface area contributed by atoms with E-state index in [1.165, 1.54) is 25.0 Å². The molecule has 0 spiro atoms. The van der Waals surface area contributed by atoms with Crippen LogP contribution in [0.25, 0.3) is 0 Å². The van der Waals surface area contributed by atoms with Gasteiger partial charge in [-0.3, -0.25) is 4.79 Å². The van der Waals surface area contributed by atoms with E-state index in [-0.39, 0.29) is 11.7 Å². The molecule has 0 aromatic heterocycles. The fourth-order valence-corrected chi connectivity index (χ4v) is 2.20. The van der Waals surface area contributed by atoms with Crippen molar-refractivity contribution in [2.45, 2.75) is 32.2 Å². The maximum Gasteiger partial charge on any atom is 0.251 e. The van der Waals surface area contributed by atoms with E-state index in [0.29, 0.717) is 23.7 Å². The summed E-state index contributed by atoms with van der Waals surface area (Å²) in [5.74, 6) is -0.411. The number of hydrogen-bond acceptors (Lipinski definition) is 2. The van der Waals surface area contributed by atoms with E-state index in [2.05, 4.69) is 10.6 Å². The van der Waals surface area contributed by atoms with Gasteiger partial charge in [-0.05, 0) is 50.1 Å². The van der Waals surface area contributed by atoms with Crippen molar-refractivity contribution in [1.82, 2.24) is 10.6 Å². The van der Waals surface area contributed by atoms with Crippen LogP contribution in [-0.4, -0.2) is 25.0 Å². The Bertz CT molecular complexity index is 428. The number of rotatable bonds is 3. The molecule has 2 N–H and O–H groups in total. The first-order chi connectivity index (χ1) is 8.66. The Labute approximate surface area is 107 Å². The van der Waals surface area contributed by atoms with Crippen LogP contribution in [0.4, 0.5) is 4.39 Å². The number of halogens is 1. The number of amides is 1. The average molecular weight is 250 g/mol. The number of piperidine rings is 1. The second kappa shape index (κ2) is 5.96. The Hall–Kier alpha value is -1.42. The van der Waals surface area contributed by atoms with Gasteiger partial charge >= 0.3 is 0 Å².